The zero-order chi connectivity index (χ0) is 14.7. The molecule has 2 rings (SSSR count). The number of hydrogen-bond acceptors (Lipinski definition) is 3. The van der Waals surface area contributed by atoms with E-state index in [4.69, 9.17) is 9.72 Å². The van der Waals surface area contributed by atoms with Crippen molar-refractivity contribution < 1.29 is 4.74 Å². The number of nitrogens with one attached hydrogen (secondary N) is 1. The quantitative estimate of drug-likeness (QED) is 0.870. The number of imidazole rings is 1. The average molecular weight is 279 g/mol. The molecule has 1 atom stereocenters. The molecule has 114 valence electrons. The van der Waals surface area contributed by atoms with E-state index < -0.39 is 0 Å². The summed E-state index contributed by atoms with van der Waals surface area (Å²) in [6.07, 6.45) is 1.07. The van der Waals surface area contributed by atoms with E-state index in [2.05, 4.69) is 44.5 Å². The Morgan fingerprint density at radius 2 is 2.05 bits per heavy atom. The summed E-state index contributed by atoms with van der Waals surface area (Å²) in [4.78, 5) is 4.91. The third-order valence-corrected chi connectivity index (χ3v) is 4.06. The number of ether oxygens (including phenoxy) is 1. The van der Waals surface area contributed by atoms with Crippen LogP contribution in [0.15, 0.2) is 0 Å². The van der Waals surface area contributed by atoms with E-state index in [-0.39, 0.29) is 0 Å². The molecule has 0 spiro atoms. The van der Waals surface area contributed by atoms with Crippen LogP contribution in [-0.2, 0) is 17.7 Å². The van der Waals surface area contributed by atoms with Crippen LogP contribution in [-0.4, -0.2) is 29.3 Å². The van der Waals surface area contributed by atoms with Gasteiger partial charge in [0.25, 0.3) is 0 Å². The largest absolute Gasteiger partial charge is 0.380 e. The lowest BCUT2D eigenvalue weighted by atomic mass is 10.0. The molecule has 1 N–H and O–H groups in total. The third-order valence-electron chi connectivity index (χ3n) is 4.06. The summed E-state index contributed by atoms with van der Waals surface area (Å²) in [5.74, 6) is 2.22. The minimum atomic E-state index is 0.390. The Morgan fingerprint density at radius 1 is 1.30 bits per heavy atom. The molecule has 0 fully saturated rings. The predicted octanol–water partition coefficient (Wildman–Crippen LogP) is 2.89. The van der Waals surface area contributed by atoms with Crippen LogP contribution in [0, 0.1) is 5.92 Å². The Kier molecular flexibility index (Phi) is 5.22. The molecule has 0 aliphatic carbocycles. The number of aromatic nitrogens is 2. The summed E-state index contributed by atoms with van der Waals surface area (Å²) >= 11 is 0. The van der Waals surface area contributed by atoms with Gasteiger partial charge in [0.15, 0.2) is 0 Å². The van der Waals surface area contributed by atoms with Crippen LogP contribution in [0.5, 0.6) is 0 Å². The van der Waals surface area contributed by atoms with Crippen LogP contribution in [0.3, 0.4) is 0 Å². The lowest BCUT2D eigenvalue weighted by Crippen LogP contribution is -2.29. The van der Waals surface area contributed by atoms with Crippen molar-refractivity contribution in [2.24, 2.45) is 5.92 Å². The van der Waals surface area contributed by atoms with E-state index in [1.54, 1.807) is 0 Å². The normalized spacial score (nSPS) is 16.8. The third kappa shape index (κ3) is 3.07. The monoisotopic (exact) mass is 279 g/mol. The predicted molar refractivity (Wildman–Crippen MR) is 82.1 cm³/mol. The number of hydrogen-bond donors (Lipinski definition) is 1. The first-order chi connectivity index (χ1) is 9.56. The van der Waals surface area contributed by atoms with Crippen molar-refractivity contribution in [3.63, 3.8) is 0 Å². The fraction of sp³-hybridized carbons (Fsp3) is 0.812. The molecule has 1 unspecified atom stereocenters. The van der Waals surface area contributed by atoms with Crippen molar-refractivity contribution in [1.82, 2.24) is 14.9 Å². The smallest absolute Gasteiger partial charge is 0.112 e. The molecule has 4 nitrogen and oxygen atoms in total. The first kappa shape index (κ1) is 15.5. The summed E-state index contributed by atoms with van der Waals surface area (Å²) in [5, 5.41) is 3.42. The van der Waals surface area contributed by atoms with E-state index >= 15 is 0 Å². The highest BCUT2D eigenvalue weighted by Crippen LogP contribution is 2.29. The summed E-state index contributed by atoms with van der Waals surface area (Å²) in [5.41, 5.74) is 2.66. The van der Waals surface area contributed by atoms with Crippen LogP contribution < -0.4 is 5.32 Å². The van der Waals surface area contributed by atoms with Gasteiger partial charge in [-0.05, 0) is 12.8 Å². The van der Waals surface area contributed by atoms with Crippen LogP contribution in [0.25, 0.3) is 0 Å². The van der Waals surface area contributed by atoms with Gasteiger partial charge >= 0.3 is 0 Å². The molecular weight excluding hydrogens is 250 g/mol. The Hall–Kier alpha value is -0.870. The molecule has 1 aliphatic rings. The minimum absolute atomic E-state index is 0.390. The van der Waals surface area contributed by atoms with Crippen molar-refractivity contribution in [3.8, 4) is 0 Å². The molecule has 0 radical (unpaired) electrons. The molecule has 20 heavy (non-hydrogen) atoms. The fourth-order valence-electron chi connectivity index (χ4n) is 2.93. The van der Waals surface area contributed by atoms with Gasteiger partial charge in [-0.2, -0.15) is 0 Å². The Labute approximate surface area is 122 Å². The van der Waals surface area contributed by atoms with Crippen LogP contribution >= 0.6 is 0 Å². The summed E-state index contributed by atoms with van der Waals surface area (Å²) < 4.78 is 8.23. The molecule has 1 aliphatic heterocycles. The van der Waals surface area contributed by atoms with E-state index in [0.29, 0.717) is 17.9 Å². The summed E-state index contributed by atoms with van der Waals surface area (Å²) in [7, 11) is 0. The SMILES string of the molecule is CCOCC(C(C)C)n1c(C(C)C)nc2c1CCNC2. The second-order valence-corrected chi connectivity index (χ2v) is 6.29. The molecule has 0 saturated heterocycles. The highest BCUT2D eigenvalue weighted by atomic mass is 16.5. The standard InChI is InChI=1S/C16H29N3O/c1-6-20-10-15(11(2)3)19-14-7-8-17-9-13(14)18-16(19)12(4)5/h11-12,15,17H,6-10H2,1-5H3. The van der Waals surface area contributed by atoms with Crippen molar-refractivity contribution in [1.29, 1.82) is 0 Å². The zero-order valence-corrected chi connectivity index (χ0v) is 13.6. The first-order valence-corrected chi connectivity index (χ1v) is 7.94. The van der Waals surface area contributed by atoms with Crippen molar-refractivity contribution in [3.05, 3.63) is 17.2 Å². The average Bonchev–Trinajstić information content (AvgIpc) is 2.79. The lowest BCUT2D eigenvalue weighted by Gasteiger charge is -2.28. The maximum atomic E-state index is 5.74. The number of fused-ring (bicyclic) bond motifs is 1. The van der Waals surface area contributed by atoms with Gasteiger partial charge in [-0.3, -0.25) is 0 Å². The van der Waals surface area contributed by atoms with Crippen molar-refractivity contribution in [2.45, 2.75) is 59.5 Å². The number of rotatable bonds is 6. The summed E-state index contributed by atoms with van der Waals surface area (Å²) in [6.45, 7) is 14.6. The maximum absolute atomic E-state index is 5.74. The number of nitrogens with zero attached hydrogens (tertiary/aromatic N) is 2. The molecule has 0 aromatic carbocycles. The van der Waals surface area contributed by atoms with Gasteiger partial charge in [0.2, 0.25) is 0 Å². The van der Waals surface area contributed by atoms with Crippen LogP contribution in [0.2, 0.25) is 0 Å². The van der Waals surface area contributed by atoms with E-state index in [0.717, 1.165) is 32.7 Å². The Morgan fingerprint density at radius 3 is 2.65 bits per heavy atom. The van der Waals surface area contributed by atoms with Gasteiger partial charge in [0.1, 0.15) is 5.82 Å². The van der Waals surface area contributed by atoms with E-state index in [1.165, 1.54) is 17.2 Å². The van der Waals surface area contributed by atoms with Gasteiger partial charge in [0, 0.05) is 37.7 Å². The highest BCUT2D eigenvalue weighted by Gasteiger charge is 2.27. The first-order valence-electron chi connectivity index (χ1n) is 7.94. The molecule has 1 aromatic rings. The zero-order valence-electron chi connectivity index (χ0n) is 13.6. The maximum Gasteiger partial charge on any atom is 0.112 e. The molecule has 0 bridgehead atoms. The van der Waals surface area contributed by atoms with Crippen molar-refractivity contribution in [2.75, 3.05) is 19.8 Å². The van der Waals surface area contributed by atoms with Gasteiger partial charge in [-0.1, -0.05) is 27.7 Å². The second kappa shape index (κ2) is 6.72. The molecular formula is C16H29N3O. The van der Waals surface area contributed by atoms with E-state index in [9.17, 15) is 0 Å². The molecule has 1 aromatic heterocycles. The Balaban J connectivity index is 2.42. The van der Waals surface area contributed by atoms with Gasteiger partial charge in [-0.25, -0.2) is 4.98 Å². The molecule has 2 heterocycles. The van der Waals surface area contributed by atoms with Gasteiger partial charge in [-0.15, -0.1) is 0 Å². The van der Waals surface area contributed by atoms with Crippen LogP contribution in [0.4, 0.5) is 0 Å². The lowest BCUT2D eigenvalue weighted by molar-refractivity contribution is 0.0937. The topological polar surface area (TPSA) is 39.1 Å². The van der Waals surface area contributed by atoms with E-state index in [1.807, 2.05) is 0 Å². The second-order valence-electron chi connectivity index (χ2n) is 6.29. The molecule has 4 heteroatoms. The fourth-order valence-corrected chi connectivity index (χ4v) is 2.93. The van der Waals surface area contributed by atoms with Gasteiger partial charge in [0.05, 0.1) is 18.3 Å². The molecule has 0 saturated carbocycles. The van der Waals surface area contributed by atoms with Gasteiger partial charge < -0.3 is 14.6 Å². The molecule has 0 amide bonds. The Bertz CT molecular complexity index is 437. The van der Waals surface area contributed by atoms with Crippen LogP contribution in [0.1, 0.15) is 63.8 Å². The minimum Gasteiger partial charge on any atom is -0.380 e. The van der Waals surface area contributed by atoms with Crippen molar-refractivity contribution >= 4 is 0 Å². The summed E-state index contributed by atoms with van der Waals surface area (Å²) in [6, 6.07) is 0.390. The highest BCUT2D eigenvalue weighted by molar-refractivity contribution is 5.23.